The number of halogens is 1. The molecule has 2 rings (SSSR count). The molecule has 0 bridgehead atoms. The fourth-order valence-electron chi connectivity index (χ4n) is 2.66. The van der Waals surface area contributed by atoms with Crippen molar-refractivity contribution in [2.75, 3.05) is 26.7 Å². The third-order valence-electron chi connectivity index (χ3n) is 3.80. The first kappa shape index (κ1) is 15.8. The number of ether oxygens (including phenoxy) is 1. The summed E-state index contributed by atoms with van der Waals surface area (Å²) in [6.45, 7) is 6.35. The summed E-state index contributed by atoms with van der Waals surface area (Å²) in [5, 5.41) is 3.37. The number of hydrogen-bond donors (Lipinski definition) is 1. The fourth-order valence-corrected chi connectivity index (χ4v) is 2.66. The largest absolute Gasteiger partial charge is 0.494 e. The molecule has 0 aliphatic carbocycles. The van der Waals surface area contributed by atoms with Crippen LogP contribution in [0.15, 0.2) is 18.2 Å². The summed E-state index contributed by atoms with van der Waals surface area (Å²) < 4.78 is 19.0. The first-order valence-corrected chi connectivity index (χ1v) is 7.27. The zero-order valence-corrected chi connectivity index (χ0v) is 12.9. The van der Waals surface area contributed by atoms with Crippen molar-refractivity contribution in [2.24, 2.45) is 0 Å². The number of amides is 1. The Morgan fingerprint density at radius 3 is 2.90 bits per heavy atom. The van der Waals surface area contributed by atoms with Crippen LogP contribution in [0.3, 0.4) is 0 Å². The molecule has 0 atom stereocenters. The van der Waals surface area contributed by atoms with Crippen molar-refractivity contribution in [1.29, 1.82) is 0 Å². The van der Waals surface area contributed by atoms with Gasteiger partial charge in [0.25, 0.3) is 0 Å². The van der Waals surface area contributed by atoms with Gasteiger partial charge in [0.1, 0.15) is 0 Å². The zero-order chi connectivity index (χ0) is 15.5. The van der Waals surface area contributed by atoms with Crippen molar-refractivity contribution in [3.05, 3.63) is 29.6 Å². The normalized spacial score (nSPS) is 17.6. The van der Waals surface area contributed by atoms with E-state index in [-0.39, 0.29) is 23.0 Å². The average Bonchev–Trinajstić information content (AvgIpc) is 2.45. The Morgan fingerprint density at radius 2 is 2.24 bits per heavy atom. The lowest BCUT2D eigenvalue weighted by molar-refractivity contribution is -0.133. The first-order valence-electron chi connectivity index (χ1n) is 7.27. The molecule has 0 radical (unpaired) electrons. The predicted molar refractivity (Wildman–Crippen MR) is 79.9 cm³/mol. The third-order valence-corrected chi connectivity index (χ3v) is 3.80. The summed E-state index contributed by atoms with van der Waals surface area (Å²) in [4.78, 5) is 14.1. The van der Waals surface area contributed by atoms with Gasteiger partial charge < -0.3 is 15.0 Å². The summed E-state index contributed by atoms with van der Waals surface area (Å²) >= 11 is 0. The number of carbonyl (C=O) groups is 1. The lowest BCUT2D eigenvalue weighted by Crippen LogP contribution is -2.58. The Kier molecular flexibility index (Phi) is 4.83. The lowest BCUT2D eigenvalue weighted by atomic mass is 10.0. The quantitative estimate of drug-likeness (QED) is 0.923. The highest BCUT2D eigenvalue weighted by atomic mass is 19.1. The monoisotopic (exact) mass is 294 g/mol. The Balaban J connectivity index is 1.95. The second kappa shape index (κ2) is 6.43. The standard InChI is InChI=1S/C16H23FN2O2/c1-16(2)11-19(10-9-18-16)14(20)8-7-12-5-4-6-13(21-3)15(12)17/h4-6,18H,7-11H2,1-3H3. The van der Waals surface area contributed by atoms with E-state index >= 15 is 0 Å². The molecule has 1 heterocycles. The Labute approximate surface area is 125 Å². The molecule has 1 saturated heterocycles. The summed E-state index contributed by atoms with van der Waals surface area (Å²) in [6, 6.07) is 5.03. The number of carbonyl (C=O) groups excluding carboxylic acids is 1. The molecule has 1 aliphatic rings. The van der Waals surface area contributed by atoms with Gasteiger partial charge in [0, 0.05) is 31.6 Å². The van der Waals surface area contributed by atoms with Crippen molar-refractivity contribution in [3.63, 3.8) is 0 Å². The van der Waals surface area contributed by atoms with E-state index in [1.165, 1.54) is 7.11 Å². The summed E-state index contributed by atoms with van der Waals surface area (Å²) in [6.07, 6.45) is 0.715. The van der Waals surface area contributed by atoms with Crippen LogP contribution < -0.4 is 10.1 Å². The molecule has 0 spiro atoms. The van der Waals surface area contributed by atoms with Gasteiger partial charge >= 0.3 is 0 Å². The van der Waals surface area contributed by atoms with Gasteiger partial charge in [-0.15, -0.1) is 0 Å². The average molecular weight is 294 g/mol. The maximum Gasteiger partial charge on any atom is 0.223 e. The van der Waals surface area contributed by atoms with Crippen molar-refractivity contribution < 1.29 is 13.9 Å². The second-order valence-corrected chi connectivity index (χ2v) is 6.06. The highest BCUT2D eigenvalue weighted by molar-refractivity contribution is 5.76. The Hall–Kier alpha value is -1.62. The molecule has 1 N–H and O–H groups in total. The SMILES string of the molecule is COc1cccc(CCC(=O)N2CCNC(C)(C)C2)c1F. The molecular weight excluding hydrogens is 271 g/mol. The van der Waals surface area contributed by atoms with Gasteiger partial charge in [-0.3, -0.25) is 4.79 Å². The van der Waals surface area contributed by atoms with E-state index in [0.717, 1.165) is 6.54 Å². The fraction of sp³-hybridized carbons (Fsp3) is 0.562. The number of nitrogens with zero attached hydrogens (tertiary/aromatic N) is 1. The highest BCUT2D eigenvalue weighted by Crippen LogP contribution is 2.21. The molecule has 1 aromatic rings. The Morgan fingerprint density at radius 1 is 1.48 bits per heavy atom. The van der Waals surface area contributed by atoms with Crippen LogP contribution in [0.1, 0.15) is 25.8 Å². The zero-order valence-electron chi connectivity index (χ0n) is 12.9. The van der Waals surface area contributed by atoms with Crippen LogP contribution in [0.25, 0.3) is 0 Å². The summed E-state index contributed by atoms with van der Waals surface area (Å²) in [5.41, 5.74) is 0.465. The number of piperazine rings is 1. The topological polar surface area (TPSA) is 41.6 Å². The minimum absolute atomic E-state index is 0.0604. The molecule has 0 aromatic heterocycles. The minimum atomic E-state index is -0.367. The molecule has 21 heavy (non-hydrogen) atoms. The number of aryl methyl sites for hydroxylation is 1. The van der Waals surface area contributed by atoms with Gasteiger partial charge in [-0.05, 0) is 31.9 Å². The van der Waals surface area contributed by atoms with E-state index in [9.17, 15) is 9.18 Å². The van der Waals surface area contributed by atoms with Crippen molar-refractivity contribution in [3.8, 4) is 5.75 Å². The van der Waals surface area contributed by atoms with E-state index in [4.69, 9.17) is 4.74 Å². The van der Waals surface area contributed by atoms with Gasteiger partial charge in [-0.25, -0.2) is 4.39 Å². The van der Waals surface area contributed by atoms with Crippen LogP contribution in [-0.4, -0.2) is 43.1 Å². The second-order valence-electron chi connectivity index (χ2n) is 6.06. The van der Waals surface area contributed by atoms with E-state index in [1.807, 2.05) is 4.90 Å². The molecule has 1 fully saturated rings. The highest BCUT2D eigenvalue weighted by Gasteiger charge is 2.28. The van der Waals surface area contributed by atoms with E-state index in [1.54, 1.807) is 18.2 Å². The van der Waals surface area contributed by atoms with Gasteiger partial charge in [-0.1, -0.05) is 12.1 Å². The van der Waals surface area contributed by atoms with Gasteiger partial charge in [-0.2, -0.15) is 0 Å². The van der Waals surface area contributed by atoms with Crippen LogP contribution in [0.5, 0.6) is 5.75 Å². The lowest BCUT2D eigenvalue weighted by Gasteiger charge is -2.39. The molecule has 4 nitrogen and oxygen atoms in total. The maximum absolute atomic E-state index is 14.0. The minimum Gasteiger partial charge on any atom is -0.494 e. The molecule has 1 aromatic carbocycles. The number of benzene rings is 1. The smallest absolute Gasteiger partial charge is 0.223 e. The van der Waals surface area contributed by atoms with E-state index in [0.29, 0.717) is 31.5 Å². The molecule has 1 aliphatic heterocycles. The molecule has 0 unspecified atom stereocenters. The molecule has 5 heteroatoms. The summed E-state index contributed by atoms with van der Waals surface area (Å²) in [5.74, 6) is -0.0662. The van der Waals surface area contributed by atoms with Crippen LogP contribution in [0.2, 0.25) is 0 Å². The first-order chi connectivity index (χ1) is 9.93. The number of nitrogens with one attached hydrogen (secondary N) is 1. The van der Waals surface area contributed by atoms with Crippen LogP contribution in [0, 0.1) is 5.82 Å². The van der Waals surface area contributed by atoms with Gasteiger partial charge in [0.15, 0.2) is 11.6 Å². The number of hydrogen-bond acceptors (Lipinski definition) is 3. The van der Waals surface area contributed by atoms with Crippen molar-refractivity contribution in [2.45, 2.75) is 32.2 Å². The maximum atomic E-state index is 14.0. The molecule has 0 saturated carbocycles. The third kappa shape index (κ3) is 3.94. The molecule has 116 valence electrons. The van der Waals surface area contributed by atoms with Crippen molar-refractivity contribution >= 4 is 5.91 Å². The van der Waals surface area contributed by atoms with Gasteiger partial charge in [0.2, 0.25) is 5.91 Å². The summed E-state index contributed by atoms with van der Waals surface area (Å²) in [7, 11) is 1.44. The van der Waals surface area contributed by atoms with E-state index in [2.05, 4.69) is 19.2 Å². The van der Waals surface area contributed by atoms with Crippen LogP contribution in [0.4, 0.5) is 4.39 Å². The Bertz CT molecular complexity index is 517. The number of methoxy groups -OCH3 is 1. The number of rotatable bonds is 4. The molecular formula is C16H23FN2O2. The van der Waals surface area contributed by atoms with Crippen LogP contribution >= 0.6 is 0 Å². The van der Waals surface area contributed by atoms with Gasteiger partial charge in [0.05, 0.1) is 7.11 Å². The van der Waals surface area contributed by atoms with Crippen molar-refractivity contribution in [1.82, 2.24) is 10.2 Å². The van der Waals surface area contributed by atoms with Crippen LogP contribution in [-0.2, 0) is 11.2 Å². The van der Waals surface area contributed by atoms with E-state index < -0.39 is 0 Å². The predicted octanol–water partition coefficient (Wildman–Crippen LogP) is 1.98. The molecule has 1 amide bonds.